The first-order valence-corrected chi connectivity index (χ1v) is 5.60. The highest BCUT2D eigenvalue weighted by Gasteiger charge is 2.17. The van der Waals surface area contributed by atoms with Gasteiger partial charge in [0.15, 0.2) is 0 Å². The molecule has 0 aliphatic rings. The van der Waals surface area contributed by atoms with E-state index in [1.807, 2.05) is 6.07 Å². The van der Waals surface area contributed by atoms with Gasteiger partial charge in [-0.3, -0.25) is 10.1 Å². The van der Waals surface area contributed by atoms with Crippen LogP contribution in [0.1, 0.15) is 5.56 Å². The highest BCUT2D eigenvalue weighted by Crippen LogP contribution is 2.35. The highest BCUT2D eigenvalue weighted by atomic mass is 35.5. The molecular weight excluding hydrogens is 268 g/mol. The number of rotatable bonds is 3. The van der Waals surface area contributed by atoms with Crippen LogP contribution >= 0.6 is 11.6 Å². The minimum atomic E-state index is -0.604. The maximum atomic E-state index is 10.9. The lowest BCUT2D eigenvalue weighted by atomic mass is 10.2. The molecule has 0 N–H and O–H groups in total. The number of halogens is 1. The molecule has 0 fully saturated rings. The standard InChI is InChI=1S/C13H7ClN2O3/c14-10-3-1-2-4-12(10)19-13-6-5-9(8-15)7-11(13)16(17)18/h1-7H. The van der Waals surface area contributed by atoms with Gasteiger partial charge in [-0.15, -0.1) is 0 Å². The van der Waals surface area contributed by atoms with Crippen molar-refractivity contribution in [2.24, 2.45) is 0 Å². The van der Waals surface area contributed by atoms with Crippen molar-refractivity contribution in [1.82, 2.24) is 0 Å². The highest BCUT2D eigenvalue weighted by molar-refractivity contribution is 6.32. The van der Waals surface area contributed by atoms with E-state index in [1.165, 1.54) is 12.1 Å². The van der Waals surface area contributed by atoms with E-state index in [2.05, 4.69) is 0 Å². The molecule has 0 radical (unpaired) electrons. The summed E-state index contributed by atoms with van der Waals surface area (Å²) in [6, 6.07) is 12.5. The van der Waals surface area contributed by atoms with Gasteiger partial charge < -0.3 is 4.74 Å². The Morgan fingerprint density at radius 2 is 1.95 bits per heavy atom. The number of ether oxygens (including phenoxy) is 1. The van der Waals surface area contributed by atoms with Crippen molar-refractivity contribution in [3.05, 3.63) is 63.2 Å². The fourth-order valence-corrected chi connectivity index (χ4v) is 1.64. The lowest BCUT2D eigenvalue weighted by molar-refractivity contribution is -0.385. The second-order valence-electron chi connectivity index (χ2n) is 3.58. The summed E-state index contributed by atoms with van der Waals surface area (Å²) >= 11 is 5.92. The molecule has 0 saturated heterocycles. The predicted molar refractivity (Wildman–Crippen MR) is 69.3 cm³/mol. The molecule has 0 amide bonds. The van der Waals surface area contributed by atoms with E-state index in [4.69, 9.17) is 21.6 Å². The van der Waals surface area contributed by atoms with Crippen LogP contribution in [0.2, 0.25) is 5.02 Å². The van der Waals surface area contributed by atoms with Gasteiger partial charge in [-0.05, 0) is 24.3 Å². The molecule has 0 aliphatic heterocycles. The smallest absolute Gasteiger partial charge is 0.312 e. The van der Waals surface area contributed by atoms with Gasteiger partial charge in [-0.1, -0.05) is 23.7 Å². The summed E-state index contributed by atoms with van der Waals surface area (Å²) in [4.78, 5) is 10.3. The lowest BCUT2D eigenvalue weighted by Gasteiger charge is -2.07. The Kier molecular flexibility index (Phi) is 3.64. The molecule has 94 valence electrons. The van der Waals surface area contributed by atoms with Crippen LogP contribution in [0.3, 0.4) is 0 Å². The zero-order valence-electron chi connectivity index (χ0n) is 9.54. The van der Waals surface area contributed by atoms with Gasteiger partial charge >= 0.3 is 5.69 Å². The summed E-state index contributed by atoms with van der Waals surface area (Å²) in [7, 11) is 0. The topological polar surface area (TPSA) is 76.2 Å². The van der Waals surface area contributed by atoms with Crippen LogP contribution in [0.5, 0.6) is 11.5 Å². The summed E-state index contributed by atoms with van der Waals surface area (Å²) < 4.78 is 5.42. The average molecular weight is 275 g/mol. The van der Waals surface area contributed by atoms with Crippen LogP contribution in [-0.2, 0) is 0 Å². The fourth-order valence-electron chi connectivity index (χ4n) is 1.46. The quantitative estimate of drug-likeness (QED) is 0.628. The minimum Gasteiger partial charge on any atom is -0.449 e. The van der Waals surface area contributed by atoms with E-state index >= 15 is 0 Å². The van der Waals surface area contributed by atoms with Crippen molar-refractivity contribution in [2.75, 3.05) is 0 Å². The van der Waals surface area contributed by atoms with Gasteiger partial charge in [0, 0.05) is 6.07 Å². The number of hydrogen-bond donors (Lipinski definition) is 0. The Bertz CT molecular complexity index is 680. The molecule has 0 saturated carbocycles. The van der Waals surface area contributed by atoms with Gasteiger partial charge in [0.25, 0.3) is 0 Å². The zero-order valence-corrected chi connectivity index (χ0v) is 10.3. The molecule has 0 aromatic heterocycles. The molecule has 19 heavy (non-hydrogen) atoms. The number of nitriles is 1. The number of nitro groups is 1. The molecule has 6 heteroatoms. The molecule has 2 aromatic carbocycles. The van der Waals surface area contributed by atoms with E-state index in [0.717, 1.165) is 6.07 Å². The maximum Gasteiger partial charge on any atom is 0.312 e. The first-order valence-electron chi connectivity index (χ1n) is 5.22. The van der Waals surface area contributed by atoms with Crippen LogP contribution in [0.4, 0.5) is 5.69 Å². The Morgan fingerprint density at radius 1 is 1.21 bits per heavy atom. The second kappa shape index (κ2) is 5.38. The Balaban J connectivity index is 2.43. The largest absolute Gasteiger partial charge is 0.449 e. The van der Waals surface area contributed by atoms with E-state index in [0.29, 0.717) is 10.8 Å². The van der Waals surface area contributed by atoms with Crippen molar-refractivity contribution in [1.29, 1.82) is 5.26 Å². The van der Waals surface area contributed by atoms with Crippen LogP contribution in [0.15, 0.2) is 42.5 Å². The molecule has 0 aliphatic carbocycles. The van der Waals surface area contributed by atoms with Gasteiger partial charge in [-0.25, -0.2) is 0 Å². The van der Waals surface area contributed by atoms with Crippen LogP contribution < -0.4 is 4.74 Å². The molecule has 0 spiro atoms. The number of para-hydroxylation sites is 1. The minimum absolute atomic E-state index is 0.0390. The monoisotopic (exact) mass is 274 g/mol. The van der Waals surface area contributed by atoms with Crippen molar-refractivity contribution >= 4 is 17.3 Å². The SMILES string of the molecule is N#Cc1ccc(Oc2ccccc2Cl)c([N+](=O)[O-])c1. The summed E-state index contributed by atoms with van der Waals surface area (Å²) in [6.07, 6.45) is 0. The predicted octanol–water partition coefficient (Wildman–Crippen LogP) is 3.91. The van der Waals surface area contributed by atoms with Gasteiger partial charge in [-0.2, -0.15) is 5.26 Å². The molecule has 0 bridgehead atoms. The first kappa shape index (κ1) is 12.9. The normalized spacial score (nSPS) is 9.68. The van der Waals surface area contributed by atoms with Crippen LogP contribution in [-0.4, -0.2) is 4.92 Å². The second-order valence-corrected chi connectivity index (χ2v) is 3.99. The molecule has 0 atom stereocenters. The van der Waals surface area contributed by atoms with Crippen molar-refractivity contribution in [3.8, 4) is 17.6 Å². The third-order valence-electron chi connectivity index (χ3n) is 2.34. The Hall–Kier alpha value is -2.58. The van der Waals surface area contributed by atoms with Crippen molar-refractivity contribution in [2.45, 2.75) is 0 Å². The summed E-state index contributed by atoms with van der Waals surface area (Å²) in [5.41, 5.74) is -0.0859. The molecule has 0 unspecified atom stereocenters. The van der Waals surface area contributed by atoms with E-state index in [-0.39, 0.29) is 17.0 Å². The molecule has 5 nitrogen and oxygen atoms in total. The summed E-state index contributed by atoms with van der Waals surface area (Å²) in [5, 5.41) is 20.0. The van der Waals surface area contributed by atoms with Gasteiger partial charge in [0.05, 0.1) is 21.6 Å². The van der Waals surface area contributed by atoms with E-state index in [9.17, 15) is 10.1 Å². The number of benzene rings is 2. The number of nitro benzene ring substituents is 1. The average Bonchev–Trinajstić information content (AvgIpc) is 2.41. The van der Waals surface area contributed by atoms with Crippen LogP contribution in [0.25, 0.3) is 0 Å². The fraction of sp³-hybridized carbons (Fsp3) is 0. The molecule has 0 heterocycles. The molecule has 2 rings (SSSR count). The van der Waals surface area contributed by atoms with Crippen LogP contribution in [0, 0.1) is 21.4 Å². The molecule has 2 aromatic rings. The maximum absolute atomic E-state index is 10.9. The van der Waals surface area contributed by atoms with Crippen molar-refractivity contribution < 1.29 is 9.66 Å². The van der Waals surface area contributed by atoms with Crippen molar-refractivity contribution in [3.63, 3.8) is 0 Å². The first-order chi connectivity index (χ1) is 9.11. The Morgan fingerprint density at radius 3 is 2.58 bits per heavy atom. The lowest BCUT2D eigenvalue weighted by Crippen LogP contribution is -1.94. The molecular formula is C13H7ClN2O3. The summed E-state index contributed by atoms with van der Waals surface area (Å²) in [5.74, 6) is 0.356. The number of nitrogens with zero attached hydrogens (tertiary/aromatic N) is 2. The van der Waals surface area contributed by atoms with E-state index in [1.54, 1.807) is 24.3 Å². The third-order valence-corrected chi connectivity index (χ3v) is 2.65. The van der Waals surface area contributed by atoms with E-state index < -0.39 is 4.92 Å². The third kappa shape index (κ3) is 2.81. The Labute approximate surface area is 113 Å². The summed E-state index contributed by atoms with van der Waals surface area (Å²) in [6.45, 7) is 0. The van der Waals surface area contributed by atoms with Gasteiger partial charge in [0.2, 0.25) is 5.75 Å². The number of hydrogen-bond acceptors (Lipinski definition) is 4. The van der Waals surface area contributed by atoms with Gasteiger partial charge in [0.1, 0.15) is 5.75 Å². The zero-order chi connectivity index (χ0) is 13.8.